The smallest absolute Gasteiger partial charge is 0.248 e. The van der Waals surface area contributed by atoms with Crippen molar-refractivity contribution in [2.75, 3.05) is 18.0 Å². The minimum atomic E-state index is -0.331. The number of rotatable bonds is 3. The number of halogens is 1. The number of anilines is 1. The Morgan fingerprint density at radius 2 is 1.95 bits per heavy atom. The second kappa shape index (κ2) is 6.52. The van der Waals surface area contributed by atoms with Gasteiger partial charge >= 0.3 is 0 Å². The molecule has 0 unspecified atom stereocenters. The molecular formula is C18H17FN2O. The third-order valence-corrected chi connectivity index (χ3v) is 3.77. The first-order valence-electron chi connectivity index (χ1n) is 7.38. The summed E-state index contributed by atoms with van der Waals surface area (Å²) in [5, 5.41) is 0. The van der Waals surface area contributed by atoms with Crippen LogP contribution < -0.4 is 4.90 Å². The molecule has 1 aliphatic rings. The molecule has 2 aromatic carbocycles. The molecular weight excluding hydrogens is 279 g/mol. The number of nitrogens with zero attached hydrogens (tertiary/aromatic N) is 2. The largest absolute Gasteiger partial charge is 0.311 e. The Labute approximate surface area is 129 Å². The van der Waals surface area contributed by atoms with Crippen molar-refractivity contribution < 1.29 is 9.18 Å². The number of hydrogen-bond donors (Lipinski definition) is 0. The lowest BCUT2D eigenvalue weighted by Gasteiger charge is -2.29. The van der Waals surface area contributed by atoms with E-state index >= 15 is 0 Å². The fourth-order valence-corrected chi connectivity index (χ4v) is 2.68. The number of amides is 1. The maximum atomic E-state index is 13.5. The van der Waals surface area contributed by atoms with Gasteiger partial charge in [0.2, 0.25) is 5.91 Å². The van der Waals surface area contributed by atoms with Crippen LogP contribution in [0, 0.1) is 5.82 Å². The van der Waals surface area contributed by atoms with Crippen LogP contribution in [0.1, 0.15) is 17.5 Å². The van der Waals surface area contributed by atoms with Crippen molar-refractivity contribution in [3.63, 3.8) is 0 Å². The van der Waals surface area contributed by atoms with Gasteiger partial charge in [-0.15, -0.1) is 0 Å². The van der Waals surface area contributed by atoms with Crippen molar-refractivity contribution in [3.05, 3.63) is 65.5 Å². The van der Waals surface area contributed by atoms with Gasteiger partial charge < -0.3 is 4.90 Å². The monoisotopic (exact) mass is 296 g/mol. The van der Waals surface area contributed by atoms with Crippen molar-refractivity contribution in [3.8, 4) is 0 Å². The molecule has 0 saturated heterocycles. The summed E-state index contributed by atoms with van der Waals surface area (Å²) in [6.45, 7) is 0.744. The molecule has 3 rings (SSSR count). The highest BCUT2D eigenvalue weighted by Gasteiger charge is 2.21. The molecule has 3 nitrogen and oxygen atoms in total. The first-order chi connectivity index (χ1) is 10.8. The van der Waals surface area contributed by atoms with E-state index < -0.39 is 0 Å². The van der Waals surface area contributed by atoms with E-state index in [-0.39, 0.29) is 18.3 Å². The standard InChI is InChI=1S/C18H17FN2O/c19-16-9-3-1-7-15(16)12-20-13-18(22)21-11-5-8-14-6-2-4-10-17(14)21/h1-4,6-7,9-10,12H,5,8,11,13H2. The molecule has 0 spiro atoms. The number of fused-ring (bicyclic) bond motifs is 1. The van der Waals surface area contributed by atoms with Crippen LogP contribution in [0.3, 0.4) is 0 Å². The van der Waals surface area contributed by atoms with Crippen LogP contribution in [-0.2, 0) is 11.2 Å². The summed E-state index contributed by atoms with van der Waals surface area (Å²) in [4.78, 5) is 18.2. The van der Waals surface area contributed by atoms with Gasteiger partial charge in [-0.3, -0.25) is 9.79 Å². The second-order valence-electron chi connectivity index (χ2n) is 5.27. The average Bonchev–Trinajstić information content (AvgIpc) is 2.56. The van der Waals surface area contributed by atoms with E-state index in [1.807, 2.05) is 18.2 Å². The molecule has 0 radical (unpaired) electrons. The Morgan fingerprint density at radius 1 is 1.18 bits per heavy atom. The van der Waals surface area contributed by atoms with Crippen molar-refractivity contribution in [1.29, 1.82) is 0 Å². The summed E-state index contributed by atoms with van der Waals surface area (Å²) in [7, 11) is 0. The molecule has 112 valence electrons. The number of aryl methyl sites for hydroxylation is 1. The van der Waals surface area contributed by atoms with Gasteiger partial charge in [-0.05, 0) is 30.5 Å². The van der Waals surface area contributed by atoms with Gasteiger partial charge in [-0.2, -0.15) is 0 Å². The lowest BCUT2D eigenvalue weighted by atomic mass is 10.0. The molecule has 0 bridgehead atoms. The maximum absolute atomic E-state index is 13.5. The highest BCUT2D eigenvalue weighted by molar-refractivity contribution is 5.97. The zero-order valence-corrected chi connectivity index (χ0v) is 12.2. The summed E-state index contributed by atoms with van der Waals surface area (Å²) < 4.78 is 13.5. The molecule has 0 N–H and O–H groups in total. The Bertz CT molecular complexity index is 712. The van der Waals surface area contributed by atoms with Crippen molar-refractivity contribution in [2.45, 2.75) is 12.8 Å². The molecule has 0 atom stereocenters. The molecule has 1 amide bonds. The Morgan fingerprint density at radius 3 is 2.82 bits per heavy atom. The topological polar surface area (TPSA) is 32.7 Å². The number of hydrogen-bond acceptors (Lipinski definition) is 2. The Hall–Kier alpha value is -2.49. The summed E-state index contributed by atoms with van der Waals surface area (Å²) in [6, 6.07) is 14.3. The van der Waals surface area contributed by atoms with E-state index in [9.17, 15) is 9.18 Å². The molecule has 2 aromatic rings. The molecule has 22 heavy (non-hydrogen) atoms. The fourth-order valence-electron chi connectivity index (χ4n) is 2.68. The lowest BCUT2D eigenvalue weighted by Crippen LogP contribution is -2.36. The van der Waals surface area contributed by atoms with Crippen molar-refractivity contribution in [2.24, 2.45) is 4.99 Å². The van der Waals surface area contributed by atoms with Crippen LogP contribution in [0.2, 0.25) is 0 Å². The van der Waals surface area contributed by atoms with Gasteiger partial charge in [-0.1, -0.05) is 36.4 Å². The third kappa shape index (κ3) is 3.06. The molecule has 0 aromatic heterocycles. The number of benzene rings is 2. The van der Waals surface area contributed by atoms with E-state index in [2.05, 4.69) is 11.1 Å². The van der Waals surface area contributed by atoms with E-state index in [1.165, 1.54) is 17.8 Å². The highest BCUT2D eigenvalue weighted by atomic mass is 19.1. The molecule has 0 fully saturated rings. The summed E-state index contributed by atoms with van der Waals surface area (Å²) in [5.41, 5.74) is 2.56. The predicted octanol–water partition coefficient (Wildman–Crippen LogP) is 3.22. The summed E-state index contributed by atoms with van der Waals surface area (Å²) in [6.07, 6.45) is 3.38. The molecule has 0 aliphatic carbocycles. The van der Waals surface area contributed by atoms with Crippen LogP contribution in [0.4, 0.5) is 10.1 Å². The van der Waals surface area contributed by atoms with Gasteiger partial charge in [0, 0.05) is 24.0 Å². The van der Waals surface area contributed by atoms with Crippen LogP contribution >= 0.6 is 0 Å². The maximum Gasteiger partial charge on any atom is 0.248 e. The molecule has 1 heterocycles. The van der Waals surface area contributed by atoms with Crippen LogP contribution in [-0.4, -0.2) is 25.2 Å². The molecule has 0 saturated carbocycles. The Balaban J connectivity index is 1.70. The van der Waals surface area contributed by atoms with Gasteiger partial charge in [0.25, 0.3) is 0 Å². The van der Waals surface area contributed by atoms with Gasteiger partial charge in [-0.25, -0.2) is 4.39 Å². The lowest BCUT2D eigenvalue weighted by molar-refractivity contribution is -0.117. The van der Waals surface area contributed by atoms with Gasteiger partial charge in [0.1, 0.15) is 12.4 Å². The third-order valence-electron chi connectivity index (χ3n) is 3.77. The van der Waals surface area contributed by atoms with E-state index in [4.69, 9.17) is 0 Å². The molecule has 4 heteroatoms. The van der Waals surface area contributed by atoms with E-state index in [0.717, 1.165) is 18.5 Å². The summed E-state index contributed by atoms with van der Waals surface area (Å²) in [5.74, 6) is -0.387. The zero-order valence-electron chi connectivity index (χ0n) is 12.2. The van der Waals surface area contributed by atoms with Crippen LogP contribution in [0.5, 0.6) is 0 Å². The van der Waals surface area contributed by atoms with E-state index in [1.54, 1.807) is 23.1 Å². The molecule has 1 aliphatic heterocycles. The highest BCUT2D eigenvalue weighted by Crippen LogP contribution is 2.26. The number of carbonyl (C=O) groups excluding carboxylic acids is 1. The zero-order chi connectivity index (χ0) is 15.4. The first-order valence-corrected chi connectivity index (χ1v) is 7.38. The quantitative estimate of drug-likeness (QED) is 0.800. The average molecular weight is 296 g/mol. The normalized spacial score (nSPS) is 14.1. The predicted molar refractivity (Wildman–Crippen MR) is 86.0 cm³/mol. The van der Waals surface area contributed by atoms with Crippen molar-refractivity contribution in [1.82, 2.24) is 0 Å². The first kappa shape index (κ1) is 14.4. The van der Waals surface area contributed by atoms with E-state index in [0.29, 0.717) is 12.1 Å². The number of para-hydroxylation sites is 1. The van der Waals surface area contributed by atoms with Crippen molar-refractivity contribution >= 4 is 17.8 Å². The number of carbonyl (C=O) groups is 1. The fraction of sp³-hybridized carbons (Fsp3) is 0.222. The second-order valence-corrected chi connectivity index (χ2v) is 5.27. The number of aliphatic imine (C=N–C) groups is 1. The van der Waals surface area contributed by atoms with Gasteiger partial charge in [0.15, 0.2) is 0 Å². The SMILES string of the molecule is O=C(CN=Cc1ccccc1F)N1CCCc2ccccc21. The minimum absolute atomic E-state index is 0.0304. The van der Waals surface area contributed by atoms with Gasteiger partial charge in [0.05, 0.1) is 0 Å². The summed E-state index contributed by atoms with van der Waals surface area (Å²) >= 11 is 0. The van der Waals surface area contributed by atoms with Crippen LogP contribution in [0.15, 0.2) is 53.5 Å². The van der Waals surface area contributed by atoms with Crippen LogP contribution in [0.25, 0.3) is 0 Å². The Kier molecular flexibility index (Phi) is 4.28. The minimum Gasteiger partial charge on any atom is -0.311 e.